The highest BCUT2D eigenvalue weighted by Crippen LogP contribution is 2.27. The van der Waals surface area contributed by atoms with E-state index in [1.54, 1.807) is 0 Å². The first-order valence-electron chi connectivity index (χ1n) is 10.1. The van der Waals surface area contributed by atoms with Gasteiger partial charge in [-0.15, -0.1) is 0 Å². The molecule has 0 aromatic heterocycles. The van der Waals surface area contributed by atoms with E-state index in [0.29, 0.717) is 25.3 Å². The fourth-order valence-corrected chi connectivity index (χ4v) is 4.51. The molecule has 2 aromatic carbocycles. The van der Waals surface area contributed by atoms with Crippen molar-refractivity contribution in [1.29, 1.82) is 0 Å². The van der Waals surface area contributed by atoms with E-state index in [1.165, 1.54) is 16.1 Å². The molecular formula is C23H32N2O4S. The maximum atomic E-state index is 12.3. The average molecular weight is 433 g/mol. The molecule has 1 amide bonds. The Kier molecular flexibility index (Phi) is 8.29. The Labute approximate surface area is 180 Å². The minimum absolute atomic E-state index is 0.116. The first-order valence-corrected chi connectivity index (χ1v) is 11.9. The number of para-hydroxylation sites is 1. The van der Waals surface area contributed by atoms with E-state index in [0.717, 1.165) is 22.4 Å². The molecule has 0 aliphatic heterocycles. The molecule has 0 bridgehead atoms. The van der Waals surface area contributed by atoms with Crippen molar-refractivity contribution in [2.75, 3.05) is 30.3 Å². The summed E-state index contributed by atoms with van der Waals surface area (Å²) in [5, 5.41) is 2.83. The Morgan fingerprint density at radius 3 is 2.30 bits per heavy atom. The molecule has 0 radical (unpaired) electrons. The maximum absolute atomic E-state index is 12.3. The molecule has 0 atom stereocenters. The van der Waals surface area contributed by atoms with Crippen molar-refractivity contribution in [2.24, 2.45) is 0 Å². The number of hydrogen-bond donors (Lipinski definition) is 1. The van der Waals surface area contributed by atoms with Gasteiger partial charge in [-0.05, 0) is 56.9 Å². The van der Waals surface area contributed by atoms with Crippen LogP contribution in [0.25, 0.3) is 0 Å². The average Bonchev–Trinajstić information content (AvgIpc) is 2.64. The number of anilines is 1. The second-order valence-electron chi connectivity index (χ2n) is 7.65. The number of benzene rings is 2. The SMILES string of the molecule is Cc1ccc(OCCNC(=O)CCCN(c2c(C)cccc2C)S(C)(=O)=O)c(C)c1. The summed E-state index contributed by atoms with van der Waals surface area (Å²) in [4.78, 5) is 12.1. The second-order valence-corrected chi connectivity index (χ2v) is 9.55. The largest absolute Gasteiger partial charge is 0.491 e. The van der Waals surface area contributed by atoms with E-state index < -0.39 is 10.0 Å². The zero-order chi connectivity index (χ0) is 22.3. The first-order chi connectivity index (χ1) is 14.1. The topological polar surface area (TPSA) is 75.7 Å². The number of aryl methyl sites for hydroxylation is 4. The minimum Gasteiger partial charge on any atom is -0.491 e. The molecule has 0 saturated carbocycles. The van der Waals surface area contributed by atoms with Crippen LogP contribution in [0.2, 0.25) is 0 Å². The van der Waals surface area contributed by atoms with E-state index in [-0.39, 0.29) is 18.9 Å². The minimum atomic E-state index is -3.44. The van der Waals surface area contributed by atoms with Crippen LogP contribution >= 0.6 is 0 Å². The first kappa shape index (κ1) is 23.7. The normalized spacial score (nSPS) is 11.2. The Morgan fingerprint density at radius 2 is 1.70 bits per heavy atom. The molecule has 7 heteroatoms. The van der Waals surface area contributed by atoms with E-state index in [2.05, 4.69) is 11.4 Å². The van der Waals surface area contributed by atoms with Crippen molar-refractivity contribution in [3.8, 4) is 5.75 Å². The Balaban J connectivity index is 1.82. The van der Waals surface area contributed by atoms with Crippen molar-refractivity contribution in [2.45, 2.75) is 40.5 Å². The molecule has 0 saturated heterocycles. The summed E-state index contributed by atoms with van der Waals surface area (Å²) in [5.74, 6) is 0.696. The molecule has 2 rings (SSSR count). The summed E-state index contributed by atoms with van der Waals surface area (Å²) in [7, 11) is -3.44. The van der Waals surface area contributed by atoms with Gasteiger partial charge in [0.15, 0.2) is 0 Å². The molecule has 0 aliphatic rings. The molecule has 1 N–H and O–H groups in total. The highest BCUT2D eigenvalue weighted by Gasteiger charge is 2.21. The van der Waals surface area contributed by atoms with E-state index >= 15 is 0 Å². The van der Waals surface area contributed by atoms with Crippen LogP contribution in [0, 0.1) is 27.7 Å². The fourth-order valence-electron chi connectivity index (χ4n) is 3.43. The number of nitrogens with zero attached hydrogens (tertiary/aromatic N) is 1. The van der Waals surface area contributed by atoms with Gasteiger partial charge in [-0.1, -0.05) is 35.9 Å². The van der Waals surface area contributed by atoms with Gasteiger partial charge in [0.2, 0.25) is 15.9 Å². The molecule has 0 heterocycles. The molecule has 0 spiro atoms. The number of sulfonamides is 1. The summed E-state index contributed by atoms with van der Waals surface area (Å²) in [6.07, 6.45) is 1.88. The lowest BCUT2D eigenvalue weighted by molar-refractivity contribution is -0.121. The van der Waals surface area contributed by atoms with Crippen LogP contribution in [-0.4, -0.2) is 40.3 Å². The quantitative estimate of drug-likeness (QED) is 0.582. The number of ether oxygens (including phenoxy) is 1. The summed E-state index contributed by atoms with van der Waals surface area (Å²) in [6.45, 7) is 8.85. The van der Waals surface area contributed by atoms with Crippen molar-refractivity contribution >= 4 is 21.6 Å². The zero-order valence-corrected chi connectivity index (χ0v) is 19.3. The summed E-state index contributed by atoms with van der Waals surface area (Å²) >= 11 is 0. The molecular weight excluding hydrogens is 400 g/mol. The number of amides is 1. The van der Waals surface area contributed by atoms with Crippen LogP contribution in [-0.2, 0) is 14.8 Å². The second kappa shape index (κ2) is 10.5. The predicted molar refractivity (Wildman–Crippen MR) is 122 cm³/mol. The third kappa shape index (κ3) is 6.76. The summed E-state index contributed by atoms with van der Waals surface area (Å²) in [5.41, 5.74) is 4.73. The van der Waals surface area contributed by atoms with Gasteiger partial charge in [0.05, 0.1) is 18.5 Å². The molecule has 6 nitrogen and oxygen atoms in total. The van der Waals surface area contributed by atoms with Crippen LogP contribution in [0.15, 0.2) is 36.4 Å². The zero-order valence-electron chi connectivity index (χ0n) is 18.5. The number of hydrogen-bond acceptors (Lipinski definition) is 4. The van der Waals surface area contributed by atoms with Crippen LogP contribution in [0.4, 0.5) is 5.69 Å². The Bertz CT molecular complexity index is 966. The van der Waals surface area contributed by atoms with Gasteiger partial charge >= 0.3 is 0 Å². The van der Waals surface area contributed by atoms with Gasteiger partial charge in [-0.3, -0.25) is 9.10 Å². The van der Waals surface area contributed by atoms with E-state index in [1.807, 2.05) is 58.0 Å². The molecule has 0 fully saturated rings. The fraction of sp³-hybridized carbons (Fsp3) is 0.435. The molecule has 0 aliphatic carbocycles. The number of nitrogens with one attached hydrogen (secondary N) is 1. The third-order valence-electron chi connectivity index (χ3n) is 4.87. The highest BCUT2D eigenvalue weighted by atomic mass is 32.2. The predicted octanol–water partition coefficient (Wildman–Crippen LogP) is 3.66. The molecule has 164 valence electrons. The van der Waals surface area contributed by atoms with Crippen LogP contribution < -0.4 is 14.4 Å². The van der Waals surface area contributed by atoms with Gasteiger partial charge in [0, 0.05) is 13.0 Å². The molecule has 2 aromatic rings. The summed E-state index contributed by atoms with van der Waals surface area (Å²) in [6, 6.07) is 11.7. The third-order valence-corrected chi connectivity index (χ3v) is 6.03. The lowest BCUT2D eigenvalue weighted by atomic mass is 10.1. The summed E-state index contributed by atoms with van der Waals surface area (Å²) < 4.78 is 31.7. The van der Waals surface area contributed by atoms with E-state index in [9.17, 15) is 13.2 Å². The van der Waals surface area contributed by atoms with Crippen LogP contribution in [0.3, 0.4) is 0 Å². The van der Waals surface area contributed by atoms with Crippen molar-refractivity contribution < 1.29 is 17.9 Å². The number of carbonyl (C=O) groups is 1. The van der Waals surface area contributed by atoms with Crippen molar-refractivity contribution in [3.63, 3.8) is 0 Å². The van der Waals surface area contributed by atoms with Gasteiger partial charge in [0.1, 0.15) is 12.4 Å². The van der Waals surface area contributed by atoms with Gasteiger partial charge in [-0.2, -0.15) is 0 Å². The van der Waals surface area contributed by atoms with Crippen molar-refractivity contribution in [3.05, 3.63) is 58.7 Å². The monoisotopic (exact) mass is 432 g/mol. The number of carbonyl (C=O) groups excluding carboxylic acids is 1. The smallest absolute Gasteiger partial charge is 0.232 e. The Hall–Kier alpha value is -2.54. The lowest BCUT2D eigenvalue weighted by Crippen LogP contribution is -2.33. The molecule has 0 unspecified atom stereocenters. The lowest BCUT2D eigenvalue weighted by Gasteiger charge is -2.26. The molecule has 30 heavy (non-hydrogen) atoms. The van der Waals surface area contributed by atoms with Crippen molar-refractivity contribution in [1.82, 2.24) is 5.32 Å². The van der Waals surface area contributed by atoms with E-state index in [4.69, 9.17) is 4.74 Å². The van der Waals surface area contributed by atoms with Crippen LogP contribution in [0.5, 0.6) is 5.75 Å². The standard InChI is InChI=1S/C23H32N2O4S/c1-17-11-12-21(20(4)16-17)29-15-13-24-22(26)10-7-14-25(30(5,27)28)23-18(2)8-6-9-19(23)3/h6,8-9,11-12,16H,7,10,13-15H2,1-5H3,(H,24,26). The van der Waals surface area contributed by atoms with Gasteiger partial charge < -0.3 is 10.1 Å². The number of rotatable bonds is 10. The van der Waals surface area contributed by atoms with Gasteiger partial charge in [-0.25, -0.2) is 8.42 Å². The van der Waals surface area contributed by atoms with Crippen LogP contribution in [0.1, 0.15) is 35.1 Å². The van der Waals surface area contributed by atoms with Gasteiger partial charge in [0.25, 0.3) is 0 Å². The highest BCUT2D eigenvalue weighted by molar-refractivity contribution is 7.92. The maximum Gasteiger partial charge on any atom is 0.232 e. The Morgan fingerprint density at radius 1 is 1.03 bits per heavy atom.